The molecule has 2 atom stereocenters. The lowest BCUT2D eigenvalue weighted by molar-refractivity contribution is -0.130. The summed E-state index contributed by atoms with van der Waals surface area (Å²) in [5.74, 6) is 11.9. The molecule has 4 aromatic carbocycles. The van der Waals surface area contributed by atoms with E-state index in [1.54, 1.807) is 90.1 Å². The van der Waals surface area contributed by atoms with E-state index in [2.05, 4.69) is 49.0 Å². The molecule has 2 fully saturated rings. The van der Waals surface area contributed by atoms with Crippen LogP contribution in [0.15, 0.2) is 159 Å². The minimum atomic E-state index is -0.757. The van der Waals surface area contributed by atoms with Gasteiger partial charge in [0.05, 0.1) is 12.1 Å². The second-order valence-corrected chi connectivity index (χ2v) is 20.2. The molecule has 424 valence electrons. The van der Waals surface area contributed by atoms with Crippen molar-refractivity contribution in [3.8, 4) is 44.8 Å². The lowest BCUT2D eigenvalue weighted by atomic mass is 10.0. The molecule has 8 aromatic rings. The highest BCUT2D eigenvalue weighted by Gasteiger charge is 2.34. The molecule has 0 spiro atoms. The molecule has 0 saturated carbocycles. The number of anilines is 2. The largest absolute Gasteiger partial charge is 0.364 e. The number of amides is 5. The van der Waals surface area contributed by atoms with Crippen LogP contribution in [0, 0.1) is 0 Å². The van der Waals surface area contributed by atoms with Crippen LogP contribution in [-0.2, 0) is 9.59 Å². The fourth-order valence-corrected chi connectivity index (χ4v) is 9.74. The molecular weight excluding hydrogens is 1120 g/mol. The zero-order valence-corrected chi connectivity index (χ0v) is 46.9. The van der Waals surface area contributed by atoms with E-state index in [1.807, 2.05) is 48.5 Å². The Morgan fingerprint density at radius 3 is 1.42 bits per heavy atom. The molecule has 2 aliphatic heterocycles. The molecule has 11 N–H and O–H groups in total. The Hall–Kier alpha value is -9.47. The Labute approximate surface area is 492 Å². The summed E-state index contributed by atoms with van der Waals surface area (Å²) in [6.45, 7) is 8.06. The molecule has 6 heterocycles. The van der Waals surface area contributed by atoms with Crippen molar-refractivity contribution in [3.05, 3.63) is 203 Å². The van der Waals surface area contributed by atoms with Gasteiger partial charge in [0, 0.05) is 51.2 Å². The van der Waals surface area contributed by atoms with E-state index in [1.165, 1.54) is 10.8 Å². The average molecular weight is 1180 g/mol. The van der Waals surface area contributed by atoms with Crippen molar-refractivity contribution in [1.82, 2.24) is 39.5 Å². The third kappa shape index (κ3) is 14.5. The molecule has 2 saturated heterocycles. The fraction of sp³-hybridized carbons (Fsp3) is 0.167. The summed E-state index contributed by atoms with van der Waals surface area (Å²) in [5, 5.41) is 9.80. The number of imidazole rings is 2. The van der Waals surface area contributed by atoms with E-state index in [0.717, 1.165) is 71.7 Å². The van der Waals surface area contributed by atoms with Gasteiger partial charge in [-0.25, -0.2) is 29.3 Å². The summed E-state index contributed by atoms with van der Waals surface area (Å²) >= 11 is 16.7. The average Bonchev–Trinajstić information content (AvgIpc) is 4.28. The number of nitrogens with one attached hydrogen (secondary N) is 3. The molecule has 20 nitrogen and oxygen atoms in total. The van der Waals surface area contributed by atoms with Gasteiger partial charge in [-0.3, -0.25) is 28.8 Å². The lowest BCUT2D eigenvalue weighted by Crippen LogP contribution is -2.39. The Kier molecular flexibility index (Phi) is 19.6. The van der Waals surface area contributed by atoms with Crippen LogP contribution in [0.1, 0.15) is 104 Å². The van der Waals surface area contributed by atoms with Crippen LogP contribution in [0.25, 0.3) is 44.8 Å². The first-order valence-corrected chi connectivity index (χ1v) is 27.2. The Morgan fingerprint density at radius 1 is 0.566 bits per heavy atom. The molecule has 2 aliphatic rings. The number of carbonyl (C=O) groups is 6. The van der Waals surface area contributed by atoms with Gasteiger partial charge in [0.15, 0.2) is 17.2 Å². The van der Waals surface area contributed by atoms with Crippen LogP contribution < -0.4 is 39.1 Å². The van der Waals surface area contributed by atoms with Crippen molar-refractivity contribution < 1.29 is 28.8 Å². The van der Waals surface area contributed by atoms with E-state index in [0.29, 0.717) is 74.2 Å². The van der Waals surface area contributed by atoms with Crippen molar-refractivity contribution in [2.24, 2.45) is 11.5 Å². The number of nitrogens with zero attached hydrogens (tertiary/aromatic N) is 7. The molecular formula is C60H57Cl3N14O6. The summed E-state index contributed by atoms with van der Waals surface area (Å²) in [4.78, 5) is 92.0. The number of primary amides is 2. The zero-order chi connectivity index (χ0) is 59.3. The number of hydrogen-bond acceptors (Lipinski definition) is 13. The molecule has 0 aliphatic carbocycles. The summed E-state index contributed by atoms with van der Waals surface area (Å²) in [5.41, 5.74) is 17.8. The van der Waals surface area contributed by atoms with Crippen LogP contribution in [-0.4, -0.2) is 82.1 Å². The second kappa shape index (κ2) is 27.3. The minimum Gasteiger partial charge on any atom is -0.364 e. The number of halogens is 3. The van der Waals surface area contributed by atoms with E-state index >= 15 is 0 Å². The third-order valence-corrected chi connectivity index (χ3v) is 14.2. The van der Waals surface area contributed by atoms with E-state index in [4.69, 9.17) is 58.0 Å². The first-order chi connectivity index (χ1) is 39.9. The molecule has 0 radical (unpaired) electrons. The van der Waals surface area contributed by atoms with E-state index in [9.17, 15) is 28.8 Å². The third-order valence-electron chi connectivity index (χ3n) is 13.6. The van der Waals surface area contributed by atoms with Crippen LogP contribution in [0.3, 0.4) is 0 Å². The number of nitrogens with two attached hydrogens (primary N) is 4. The number of carbonyl (C=O) groups excluding carboxylic acids is 6. The van der Waals surface area contributed by atoms with Gasteiger partial charge < -0.3 is 44.0 Å². The SMILES string of the molecule is C=CC(=O)Cl.C=CC(=O)N1CCCC[C@H]1c1nc(-c2ccc(C(=O)Nc3cc(-c4ccc(Cl)cc4)ccn3)cc2)c(C(N)=O)n1N.NC(=O)c1c(-c2ccc(C(=O)Nc3cc(-c4ccc(Cl)cc4)ccn3)cc2)nc([C@@H]2CCCCN2)n1N. The number of allylic oxidation sites excluding steroid dienone is 1. The van der Waals surface area contributed by atoms with E-state index in [-0.39, 0.29) is 40.8 Å². The summed E-state index contributed by atoms with van der Waals surface area (Å²) in [6.07, 6.45) is 10.9. The van der Waals surface area contributed by atoms with Crippen molar-refractivity contribution in [2.45, 2.75) is 50.6 Å². The number of aromatic nitrogens is 6. The highest BCUT2D eigenvalue weighted by Crippen LogP contribution is 2.35. The van der Waals surface area contributed by atoms with Gasteiger partial charge in [-0.2, -0.15) is 0 Å². The zero-order valence-electron chi connectivity index (χ0n) is 44.6. The predicted molar refractivity (Wildman–Crippen MR) is 322 cm³/mol. The maximum Gasteiger partial charge on any atom is 0.269 e. The number of likely N-dealkylation sites (tertiary alicyclic amines) is 1. The Morgan fingerprint density at radius 2 is 1.00 bits per heavy atom. The smallest absolute Gasteiger partial charge is 0.269 e. The first-order valence-electron chi connectivity index (χ1n) is 26.1. The molecule has 10 rings (SSSR count). The molecule has 0 bridgehead atoms. The summed E-state index contributed by atoms with van der Waals surface area (Å²) < 4.78 is 2.44. The monoisotopic (exact) mass is 1170 g/mol. The molecule has 5 amide bonds. The van der Waals surface area contributed by atoms with E-state index < -0.39 is 23.1 Å². The van der Waals surface area contributed by atoms with Crippen LogP contribution in [0.4, 0.5) is 11.6 Å². The second-order valence-electron chi connectivity index (χ2n) is 19.0. The molecule has 0 unspecified atom stereocenters. The Balaban J connectivity index is 0.000000201. The lowest BCUT2D eigenvalue weighted by Gasteiger charge is -2.34. The number of rotatable bonds is 14. The van der Waals surface area contributed by atoms with Gasteiger partial charge in [0.25, 0.3) is 23.6 Å². The van der Waals surface area contributed by atoms with Crippen LogP contribution in [0.5, 0.6) is 0 Å². The standard InChI is InChI=1S/C30H28ClN7O3.C27H26ClN7O2.C3H3ClO/c1-2-25(39)37-16-4-3-5-23(37)29-36-26(27(28(32)40)38(29)33)19-6-8-20(9-7-19)30(41)35-24-17-21(14-15-34-24)18-10-12-22(31)13-11-18;28-20-10-8-16(9-11-20)19-12-14-32-22(15-19)33-27(37)18-6-4-17(5-7-18)23-24(25(29)36)35(30)26(34-23)21-3-1-2-13-31-21;1-2-3(4)5/h2,6-15,17,23H,1,3-5,16,33H2,(H2,32,40)(H,34,35,41);4-12,14-15,21,31H,1-3,13,30H2,(H2,29,36)(H,32,33,37);2H,1H2/t23-;21-;/m00./s1. The Bertz CT molecular complexity index is 3710. The highest BCUT2D eigenvalue weighted by atomic mass is 35.5. The first kappa shape index (κ1) is 59.6. The van der Waals surface area contributed by atoms with Crippen LogP contribution in [0.2, 0.25) is 10.0 Å². The minimum absolute atomic E-state index is 0.0111. The maximum atomic E-state index is 13.0. The summed E-state index contributed by atoms with van der Waals surface area (Å²) in [6, 6.07) is 34.9. The van der Waals surface area contributed by atoms with Crippen molar-refractivity contribution in [1.29, 1.82) is 0 Å². The topological polar surface area (TPSA) is 307 Å². The van der Waals surface area contributed by atoms with Gasteiger partial charge in [0.1, 0.15) is 28.8 Å². The molecule has 4 aromatic heterocycles. The van der Waals surface area contributed by atoms with Gasteiger partial charge >= 0.3 is 0 Å². The number of pyridine rings is 2. The molecule has 23 heteroatoms. The maximum absolute atomic E-state index is 13.0. The quantitative estimate of drug-likeness (QED) is 0.0303. The number of benzene rings is 4. The number of nitrogen functional groups attached to an aromatic ring is 2. The van der Waals surface area contributed by atoms with Gasteiger partial charge in [-0.05, 0) is 157 Å². The highest BCUT2D eigenvalue weighted by molar-refractivity contribution is 6.66. The van der Waals surface area contributed by atoms with Crippen molar-refractivity contribution >= 4 is 81.2 Å². The normalized spacial score (nSPS) is 14.6. The number of piperidine rings is 2. The van der Waals surface area contributed by atoms with Gasteiger partial charge in [-0.1, -0.05) is 91.3 Å². The number of hydrogen-bond donors (Lipinski definition) is 7. The fourth-order valence-electron chi connectivity index (χ4n) is 9.49. The molecule has 83 heavy (non-hydrogen) atoms. The predicted octanol–water partition coefficient (Wildman–Crippen LogP) is 9.65. The van der Waals surface area contributed by atoms with Crippen LogP contribution >= 0.6 is 34.8 Å². The summed E-state index contributed by atoms with van der Waals surface area (Å²) in [7, 11) is 0. The van der Waals surface area contributed by atoms with Crippen molar-refractivity contribution in [3.63, 3.8) is 0 Å². The van der Waals surface area contributed by atoms with Gasteiger partial charge in [0.2, 0.25) is 11.1 Å². The van der Waals surface area contributed by atoms with Crippen molar-refractivity contribution in [2.75, 3.05) is 35.4 Å². The van der Waals surface area contributed by atoms with Gasteiger partial charge in [-0.15, -0.1) is 0 Å².